The van der Waals surface area contributed by atoms with Gasteiger partial charge >= 0.3 is 0 Å². The molecule has 0 bridgehead atoms. The van der Waals surface area contributed by atoms with Gasteiger partial charge in [0.25, 0.3) is 5.91 Å². The zero-order valence-corrected chi connectivity index (χ0v) is 15.4. The molecule has 136 valence electrons. The molecule has 2 aliphatic rings. The van der Waals surface area contributed by atoms with Crippen LogP contribution in [0.15, 0.2) is 36.4 Å². The van der Waals surface area contributed by atoms with Crippen LogP contribution in [0.4, 0.5) is 5.82 Å². The van der Waals surface area contributed by atoms with E-state index in [0.717, 1.165) is 67.6 Å². The topological polar surface area (TPSA) is 49.3 Å². The molecule has 4 rings (SSSR count). The summed E-state index contributed by atoms with van der Waals surface area (Å²) >= 11 is 0. The predicted molar refractivity (Wildman–Crippen MR) is 103 cm³/mol. The Kier molecular flexibility index (Phi) is 4.87. The zero-order valence-electron chi connectivity index (χ0n) is 15.4. The van der Waals surface area contributed by atoms with Crippen LogP contribution in [0.5, 0.6) is 0 Å². The van der Waals surface area contributed by atoms with E-state index >= 15 is 0 Å². The standard InChI is InChI=1S/C21H26N4O/c1-16-10-14-25(15-11-16)21(26)18-6-4-17(5-7-18)19-8-9-20(23-22-19)24-12-2-3-13-24/h4-9,16H,2-3,10-15H2,1H3. The Bertz CT molecular complexity index is 743. The number of benzene rings is 1. The van der Waals surface area contributed by atoms with Gasteiger partial charge in [0.1, 0.15) is 0 Å². The highest BCUT2D eigenvalue weighted by molar-refractivity contribution is 5.94. The molecular formula is C21H26N4O. The molecule has 26 heavy (non-hydrogen) atoms. The highest BCUT2D eigenvalue weighted by atomic mass is 16.2. The quantitative estimate of drug-likeness (QED) is 0.848. The minimum Gasteiger partial charge on any atom is -0.355 e. The smallest absolute Gasteiger partial charge is 0.253 e. The summed E-state index contributed by atoms with van der Waals surface area (Å²) in [7, 11) is 0. The summed E-state index contributed by atoms with van der Waals surface area (Å²) in [6.07, 6.45) is 4.66. The number of rotatable bonds is 3. The van der Waals surface area contributed by atoms with Gasteiger partial charge in [-0.2, -0.15) is 0 Å². The maximum atomic E-state index is 12.6. The number of amides is 1. The molecule has 0 N–H and O–H groups in total. The largest absolute Gasteiger partial charge is 0.355 e. The predicted octanol–water partition coefficient (Wildman–Crippen LogP) is 3.62. The first kappa shape index (κ1) is 17.0. The Labute approximate surface area is 155 Å². The average molecular weight is 350 g/mol. The second-order valence-electron chi connectivity index (χ2n) is 7.52. The molecule has 0 saturated carbocycles. The summed E-state index contributed by atoms with van der Waals surface area (Å²) in [5.74, 6) is 1.82. The summed E-state index contributed by atoms with van der Waals surface area (Å²) in [5.41, 5.74) is 2.60. The summed E-state index contributed by atoms with van der Waals surface area (Å²) in [6.45, 7) is 6.13. The Morgan fingerprint density at radius 2 is 1.62 bits per heavy atom. The van der Waals surface area contributed by atoms with Crippen LogP contribution in [-0.2, 0) is 0 Å². The van der Waals surface area contributed by atoms with E-state index in [1.807, 2.05) is 41.3 Å². The van der Waals surface area contributed by atoms with Gasteiger partial charge in [-0.3, -0.25) is 4.79 Å². The molecule has 1 aromatic carbocycles. The minimum absolute atomic E-state index is 0.138. The van der Waals surface area contributed by atoms with Gasteiger partial charge in [0.15, 0.2) is 5.82 Å². The van der Waals surface area contributed by atoms with Crippen LogP contribution in [0.1, 0.15) is 43.0 Å². The van der Waals surface area contributed by atoms with Gasteiger partial charge in [0, 0.05) is 37.3 Å². The number of piperidine rings is 1. The highest BCUT2D eigenvalue weighted by Crippen LogP contribution is 2.23. The molecule has 2 saturated heterocycles. The lowest BCUT2D eigenvalue weighted by Crippen LogP contribution is -2.37. The Balaban J connectivity index is 1.44. The van der Waals surface area contributed by atoms with E-state index in [2.05, 4.69) is 22.0 Å². The van der Waals surface area contributed by atoms with Gasteiger partial charge in [-0.1, -0.05) is 19.1 Å². The van der Waals surface area contributed by atoms with Gasteiger partial charge in [0.2, 0.25) is 0 Å². The molecule has 3 heterocycles. The van der Waals surface area contributed by atoms with Crippen LogP contribution in [-0.4, -0.2) is 47.2 Å². The molecular weight excluding hydrogens is 324 g/mol. The van der Waals surface area contributed by atoms with E-state index in [0.29, 0.717) is 0 Å². The number of aromatic nitrogens is 2. The van der Waals surface area contributed by atoms with Gasteiger partial charge < -0.3 is 9.80 Å². The van der Waals surface area contributed by atoms with Crippen LogP contribution in [0, 0.1) is 5.92 Å². The fourth-order valence-corrected chi connectivity index (χ4v) is 3.77. The molecule has 1 aromatic heterocycles. The van der Waals surface area contributed by atoms with Crippen molar-refractivity contribution in [3.8, 4) is 11.3 Å². The molecule has 5 nitrogen and oxygen atoms in total. The number of nitrogens with zero attached hydrogens (tertiary/aromatic N) is 4. The van der Waals surface area contributed by atoms with Gasteiger partial charge in [0.05, 0.1) is 5.69 Å². The van der Waals surface area contributed by atoms with Crippen LogP contribution in [0.3, 0.4) is 0 Å². The Morgan fingerprint density at radius 3 is 2.23 bits per heavy atom. The maximum absolute atomic E-state index is 12.6. The van der Waals surface area contributed by atoms with Crippen LogP contribution >= 0.6 is 0 Å². The fraction of sp³-hybridized carbons (Fsp3) is 0.476. The Hall–Kier alpha value is -2.43. The molecule has 0 unspecified atom stereocenters. The van der Waals surface area contributed by atoms with E-state index < -0.39 is 0 Å². The minimum atomic E-state index is 0.138. The molecule has 0 atom stereocenters. The zero-order chi connectivity index (χ0) is 17.9. The second kappa shape index (κ2) is 7.44. The summed E-state index contributed by atoms with van der Waals surface area (Å²) in [5, 5.41) is 8.76. The third kappa shape index (κ3) is 3.57. The number of carbonyl (C=O) groups is 1. The van der Waals surface area contributed by atoms with E-state index in [1.54, 1.807) is 0 Å². The molecule has 2 fully saturated rings. The molecule has 5 heteroatoms. The second-order valence-corrected chi connectivity index (χ2v) is 7.52. The van der Waals surface area contributed by atoms with Crippen molar-refractivity contribution in [1.29, 1.82) is 0 Å². The van der Waals surface area contributed by atoms with E-state index in [9.17, 15) is 4.79 Å². The number of hydrogen-bond donors (Lipinski definition) is 0. The van der Waals surface area contributed by atoms with E-state index in [4.69, 9.17) is 0 Å². The number of carbonyl (C=O) groups excluding carboxylic acids is 1. The third-order valence-corrected chi connectivity index (χ3v) is 5.58. The maximum Gasteiger partial charge on any atom is 0.253 e. The number of anilines is 1. The summed E-state index contributed by atoms with van der Waals surface area (Å²) in [4.78, 5) is 16.9. The summed E-state index contributed by atoms with van der Waals surface area (Å²) in [6, 6.07) is 11.8. The molecule has 0 radical (unpaired) electrons. The van der Waals surface area contributed by atoms with Gasteiger partial charge in [-0.05, 0) is 55.9 Å². The highest BCUT2D eigenvalue weighted by Gasteiger charge is 2.21. The third-order valence-electron chi connectivity index (χ3n) is 5.58. The number of hydrogen-bond acceptors (Lipinski definition) is 4. The first-order valence-corrected chi connectivity index (χ1v) is 9.69. The lowest BCUT2D eigenvalue weighted by Gasteiger charge is -2.30. The van der Waals surface area contributed by atoms with Crippen molar-refractivity contribution < 1.29 is 4.79 Å². The molecule has 0 spiro atoms. The SMILES string of the molecule is CC1CCN(C(=O)c2ccc(-c3ccc(N4CCCC4)nn3)cc2)CC1. The van der Waals surface area contributed by atoms with Crippen molar-refractivity contribution in [1.82, 2.24) is 15.1 Å². The normalized spacial score (nSPS) is 18.3. The molecule has 0 aliphatic carbocycles. The molecule has 2 aromatic rings. The molecule has 1 amide bonds. The number of likely N-dealkylation sites (tertiary alicyclic amines) is 1. The van der Waals surface area contributed by atoms with Crippen molar-refractivity contribution in [2.75, 3.05) is 31.1 Å². The monoisotopic (exact) mass is 350 g/mol. The van der Waals surface area contributed by atoms with Crippen molar-refractivity contribution in [2.24, 2.45) is 5.92 Å². The van der Waals surface area contributed by atoms with Gasteiger partial charge in [-0.25, -0.2) is 0 Å². The van der Waals surface area contributed by atoms with Gasteiger partial charge in [-0.15, -0.1) is 10.2 Å². The lowest BCUT2D eigenvalue weighted by molar-refractivity contribution is 0.0697. The van der Waals surface area contributed by atoms with Crippen molar-refractivity contribution in [2.45, 2.75) is 32.6 Å². The van der Waals surface area contributed by atoms with E-state index in [-0.39, 0.29) is 5.91 Å². The van der Waals surface area contributed by atoms with Crippen molar-refractivity contribution >= 4 is 11.7 Å². The lowest BCUT2D eigenvalue weighted by atomic mass is 9.98. The van der Waals surface area contributed by atoms with Crippen molar-refractivity contribution in [3.63, 3.8) is 0 Å². The summed E-state index contributed by atoms with van der Waals surface area (Å²) < 4.78 is 0. The molecule has 2 aliphatic heterocycles. The van der Waals surface area contributed by atoms with Crippen molar-refractivity contribution in [3.05, 3.63) is 42.0 Å². The average Bonchev–Trinajstić information content (AvgIpc) is 3.23. The first-order valence-electron chi connectivity index (χ1n) is 9.69. The Morgan fingerprint density at radius 1 is 0.923 bits per heavy atom. The first-order chi connectivity index (χ1) is 12.7. The van der Waals surface area contributed by atoms with Crippen LogP contribution in [0.2, 0.25) is 0 Å². The van der Waals surface area contributed by atoms with E-state index in [1.165, 1.54) is 12.8 Å². The van der Waals surface area contributed by atoms with Crippen LogP contribution in [0.25, 0.3) is 11.3 Å². The van der Waals surface area contributed by atoms with Crippen LogP contribution < -0.4 is 4.90 Å². The fourth-order valence-electron chi connectivity index (χ4n) is 3.77.